The quantitative estimate of drug-likeness (QED) is 0.0271. The van der Waals surface area contributed by atoms with E-state index in [0.29, 0.717) is 63.0 Å². The summed E-state index contributed by atoms with van der Waals surface area (Å²) in [5.41, 5.74) is 11.7. The number of benzene rings is 6. The first-order valence-electron chi connectivity index (χ1n) is 30.6. The van der Waals surface area contributed by atoms with Crippen LogP contribution in [-0.2, 0) is 40.1 Å². The Morgan fingerprint density at radius 3 is 1.13 bits per heavy atom. The minimum absolute atomic E-state index is 0.0192. The lowest BCUT2D eigenvalue weighted by Crippen LogP contribution is -2.19. The van der Waals surface area contributed by atoms with Gasteiger partial charge in [-0.25, -0.2) is 9.97 Å². The molecule has 13 nitrogen and oxygen atoms in total. The summed E-state index contributed by atoms with van der Waals surface area (Å²) < 4.78 is 24.2. The number of hydrogen-bond donors (Lipinski definition) is 4. The molecule has 4 N–H and O–H groups in total. The fourth-order valence-electron chi connectivity index (χ4n) is 10.2. The zero-order valence-electron chi connectivity index (χ0n) is 50.4. The molecule has 8 rings (SSSR count). The Kier molecular flexibility index (Phi) is 26.9. The summed E-state index contributed by atoms with van der Waals surface area (Å²) in [6.07, 6.45) is 12.3. The van der Waals surface area contributed by atoms with Gasteiger partial charge < -0.3 is 39.4 Å². The number of carbonyl (C=O) groups is 3. The van der Waals surface area contributed by atoms with Crippen LogP contribution in [0.2, 0.25) is 0 Å². The normalized spacial score (nSPS) is 11.1. The Bertz CT molecular complexity index is 3240. The second kappa shape index (κ2) is 35.6. The molecule has 0 saturated heterocycles. The molecule has 0 saturated carbocycles. The van der Waals surface area contributed by atoms with Gasteiger partial charge in [-0.3, -0.25) is 14.4 Å². The second-order valence-electron chi connectivity index (χ2n) is 22.3. The average Bonchev–Trinajstić information content (AvgIpc) is 3.05. The summed E-state index contributed by atoms with van der Waals surface area (Å²) in [5, 5.41) is 37.4. The van der Waals surface area contributed by atoms with Gasteiger partial charge in [-0.15, -0.1) is 0 Å². The highest BCUT2D eigenvalue weighted by Gasteiger charge is 2.17. The molecule has 6 aromatic carbocycles. The molecule has 0 aliphatic carbocycles. The van der Waals surface area contributed by atoms with E-state index < -0.39 is 23.5 Å². The standard InChI is InChI=1S/C38H45NO5.C36H39NO6/c1-38(2,42)24-14-26-43-35-21-13-20-30(33(35)22-23-37(40)41)17-7-3-4-12-25-44-36-28-32(29-15-8-5-9-16-29)27-34(39-36)31-18-10-6-11-19-31;38-35(39)20-12-24-42-33-19-11-18-28(31(33)21-22-36(40)41)15-5-1-2-10-23-43-34-26-30(27-13-6-3-7-14-27)25-32(37-34)29-16-8-4-9-17-29/h5-6,8-11,13,15-16,18-21,27-28,42H,3-4,7,12,14,17,22-26H2,1-2H3,(H,40,41);3-4,6-9,11,13-14,16-19,25-26H,1-2,5,10,12,15,20-24H2,(H,38,39)(H,40,41). The predicted molar refractivity (Wildman–Crippen MR) is 344 cm³/mol. The largest absolute Gasteiger partial charge is 0.493 e. The molecular formula is C74H84N2O11. The molecule has 0 atom stereocenters. The third-order valence-electron chi connectivity index (χ3n) is 14.8. The van der Waals surface area contributed by atoms with Gasteiger partial charge in [0, 0.05) is 42.5 Å². The molecule has 0 fully saturated rings. The van der Waals surface area contributed by atoms with Gasteiger partial charge in [0.05, 0.1) is 43.4 Å². The lowest BCUT2D eigenvalue weighted by Gasteiger charge is -2.18. The van der Waals surface area contributed by atoms with E-state index in [1.807, 2.05) is 115 Å². The number of aryl methyl sites for hydroxylation is 2. The Labute approximate surface area is 513 Å². The number of carboxylic acid groups (broad SMARTS) is 3. The van der Waals surface area contributed by atoms with Crippen molar-refractivity contribution < 1.29 is 53.8 Å². The highest BCUT2D eigenvalue weighted by molar-refractivity contribution is 5.73. The molecule has 456 valence electrons. The number of aromatic nitrogens is 2. The van der Waals surface area contributed by atoms with Crippen LogP contribution in [-0.4, -0.2) is 80.3 Å². The Balaban J connectivity index is 0.000000249. The maximum Gasteiger partial charge on any atom is 0.303 e. The van der Waals surface area contributed by atoms with Crippen LogP contribution in [0.15, 0.2) is 182 Å². The van der Waals surface area contributed by atoms with Crippen LogP contribution in [0.4, 0.5) is 0 Å². The van der Waals surface area contributed by atoms with E-state index in [1.54, 1.807) is 13.8 Å². The van der Waals surface area contributed by atoms with Crippen LogP contribution < -0.4 is 18.9 Å². The van der Waals surface area contributed by atoms with Crippen molar-refractivity contribution in [1.29, 1.82) is 0 Å². The van der Waals surface area contributed by atoms with Crippen LogP contribution in [0.3, 0.4) is 0 Å². The number of carboxylic acids is 3. The highest BCUT2D eigenvalue weighted by Crippen LogP contribution is 2.32. The maximum absolute atomic E-state index is 11.3. The molecule has 0 aliphatic rings. The number of unbranched alkanes of at least 4 members (excludes halogenated alkanes) is 6. The number of aliphatic hydroxyl groups is 1. The lowest BCUT2D eigenvalue weighted by molar-refractivity contribution is -0.138. The summed E-state index contributed by atoms with van der Waals surface area (Å²) >= 11 is 0. The second-order valence-corrected chi connectivity index (χ2v) is 22.3. The molecular weight excluding hydrogens is 1090 g/mol. The first-order valence-corrected chi connectivity index (χ1v) is 30.6. The van der Waals surface area contributed by atoms with Crippen molar-refractivity contribution in [3.05, 3.63) is 204 Å². The van der Waals surface area contributed by atoms with E-state index >= 15 is 0 Å². The summed E-state index contributed by atoms with van der Waals surface area (Å²) in [5.74, 6) is 0.128. The molecule has 8 aromatic rings. The van der Waals surface area contributed by atoms with Crippen LogP contribution in [0.5, 0.6) is 23.3 Å². The van der Waals surface area contributed by atoms with Crippen LogP contribution in [0, 0.1) is 0 Å². The van der Waals surface area contributed by atoms with Gasteiger partial charge in [-0.1, -0.05) is 171 Å². The fourth-order valence-corrected chi connectivity index (χ4v) is 10.2. The molecule has 0 amide bonds. The third-order valence-corrected chi connectivity index (χ3v) is 14.8. The third kappa shape index (κ3) is 23.5. The summed E-state index contributed by atoms with van der Waals surface area (Å²) in [4.78, 5) is 43.0. The number of pyridine rings is 2. The Morgan fingerprint density at radius 1 is 0.368 bits per heavy atom. The number of hydrogen-bond acceptors (Lipinski definition) is 10. The first-order chi connectivity index (χ1) is 42.3. The zero-order chi connectivity index (χ0) is 61.5. The van der Waals surface area contributed by atoms with Gasteiger partial charge >= 0.3 is 17.9 Å². The van der Waals surface area contributed by atoms with Crippen molar-refractivity contribution in [2.75, 3.05) is 26.4 Å². The number of aliphatic carboxylic acids is 3. The number of ether oxygens (including phenoxy) is 4. The maximum atomic E-state index is 11.3. The lowest BCUT2D eigenvalue weighted by atomic mass is 9.96. The zero-order valence-corrected chi connectivity index (χ0v) is 50.4. The highest BCUT2D eigenvalue weighted by atomic mass is 16.5. The van der Waals surface area contributed by atoms with Gasteiger partial charge in [0.25, 0.3) is 0 Å². The van der Waals surface area contributed by atoms with E-state index in [1.165, 1.54) is 0 Å². The molecule has 0 unspecified atom stereocenters. The van der Waals surface area contributed by atoms with Gasteiger partial charge in [-0.2, -0.15) is 0 Å². The Morgan fingerprint density at radius 2 is 0.736 bits per heavy atom. The minimum atomic E-state index is -0.859. The molecule has 0 spiro atoms. The van der Waals surface area contributed by atoms with E-state index in [-0.39, 0.29) is 25.9 Å². The van der Waals surface area contributed by atoms with Gasteiger partial charge in [0.15, 0.2) is 0 Å². The molecule has 2 heterocycles. The predicted octanol–water partition coefficient (Wildman–Crippen LogP) is 16.4. The summed E-state index contributed by atoms with van der Waals surface area (Å²) in [6, 6.07) is 60.8. The number of nitrogens with zero attached hydrogens (tertiary/aromatic N) is 2. The smallest absolute Gasteiger partial charge is 0.303 e. The van der Waals surface area contributed by atoms with Crippen molar-refractivity contribution in [1.82, 2.24) is 9.97 Å². The molecule has 0 radical (unpaired) electrons. The van der Waals surface area contributed by atoms with Gasteiger partial charge in [-0.05, 0) is 153 Å². The van der Waals surface area contributed by atoms with E-state index in [0.717, 1.165) is 143 Å². The van der Waals surface area contributed by atoms with Crippen LogP contribution in [0.25, 0.3) is 44.8 Å². The minimum Gasteiger partial charge on any atom is -0.493 e. The molecule has 0 bridgehead atoms. The molecule has 13 heteroatoms. The van der Waals surface area contributed by atoms with Crippen molar-refractivity contribution in [3.63, 3.8) is 0 Å². The average molecular weight is 1180 g/mol. The van der Waals surface area contributed by atoms with E-state index in [9.17, 15) is 29.7 Å². The molecule has 0 aliphatic heterocycles. The van der Waals surface area contributed by atoms with Gasteiger partial charge in [0.2, 0.25) is 11.8 Å². The van der Waals surface area contributed by atoms with Gasteiger partial charge in [0.1, 0.15) is 11.5 Å². The van der Waals surface area contributed by atoms with Crippen LogP contribution >= 0.6 is 0 Å². The van der Waals surface area contributed by atoms with Crippen molar-refractivity contribution in [3.8, 4) is 68.0 Å². The van der Waals surface area contributed by atoms with Crippen LogP contribution in [0.1, 0.15) is 126 Å². The summed E-state index contributed by atoms with van der Waals surface area (Å²) in [6.45, 7) is 5.52. The first kappa shape index (κ1) is 65.7. The van der Waals surface area contributed by atoms with E-state index in [2.05, 4.69) is 66.7 Å². The fraction of sp³-hybridized carbons (Fsp3) is 0.338. The Hall–Kier alpha value is -8.81. The van der Waals surface area contributed by atoms with Crippen molar-refractivity contribution >= 4 is 17.9 Å². The SMILES string of the molecule is CC(C)(O)CCCOc1cccc(CCCCCCOc2cc(-c3ccccc3)cc(-c3ccccc3)n2)c1CCC(=O)O.O=C(O)CCCOc1cccc(CCCCCCOc2cc(-c3ccccc3)cc(-c3ccccc3)n2)c1CCC(=O)O. The monoisotopic (exact) mass is 1180 g/mol. The molecule has 87 heavy (non-hydrogen) atoms. The van der Waals surface area contributed by atoms with Crippen molar-refractivity contribution in [2.24, 2.45) is 0 Å². The van der Waals surface area contributed by atoms with Crippen molar-refractivity contribution in [2.45, 2.75) is 135 Å². The summed E-state index contributed by atoms with van der Waals surface area (Å²) in [7, 11) is 0. The topological polar surface area (TPSA) is 195 Å². The number of rotatable bonds is 36. The molecule has 2 aromatic heterocycles. The van der Waals surface area contributed by atoms with E-state index in [4.69, 9.17) is 34.0 Å².